The summed E-state index contributed by atoms with van der Waals surface area (Å²) >= 11 is 8.30. The molecule has 0 fully saturated rings. The summed E-state index contributed by atoms with van der Waals surface area (Å²) in [5.74, 6) is 1.39. The molecule has 0 aliphatic carbocycles. The smallest absolute Gasteiger partial charge is 0.122 e. The Morgan fingerprint density at radius 3 is 2.76 bits per heavy atom. The summed E-state index contributed by atoms with van der Waals surface area (Å²) in [7, 11) is 0. The normalized spacial score (nSPS) is 10.6. The van der Waals surface area contributed by atoms with Gasteiger partial charge in [-0.15, -0.1) is 0 Å². The lowest BCUT2D eigenvalue weighted by atomic mass is 10.0. The van der Waals surface area contributed by atoms with Crippen molar-refractivity contribution in [3.8, 4) is 5.75 Å². The summed E-state index contributed by atoms with van der Waals surface area (Å²) in [6.07, 6.45) is 1.60. The molecule has 0 aromatic heterocycles. The number of hydrogen-bond donors (Lipinski definition) is 1. The van der Waals surface area contributed by atoms with Crippen LogP contribution in [0.1, 0.15) is 38.2 Å². The van der Waals surface area contributed by atoms with Crippen LogP contribution in [0.5, 0.6) is 5.75 Å². The summed E-state index contributed by atoms with van der Waals surface area (Å²) in [5.41, 5.74) is 6.66. The minimum Gasteiger partial charge on any atom is -0.493 e. The molecule has 0 amide bonds. The molecule has 4 heteroatoms. The highest BCUT2D eigenvalue weighted by Gasteiger charge is 2.08. The van der Waals surface area contributed by atoms with Gasteiger partial charge in [-0.25, -0.2) is 0 Å². The Kier molecular flexibility index (Phi) is 5.92. The zero-order valence-corrected chi connectivity index (χ0v) is 12.6. The van der Waals surface area contributed by atoms with Gasteiger partial charge in [-0.3, -0.25) is 0 Å². The number of hydrogen-bond acceptors (Lipinski definition) is 2. The quantitative estimate of drug-likeness (QED) is 0.636. The molecule has 0 heterocycles. The highest BCUT2D eigenvalue weighted by Crippen LogP contribution is 2.29. The molecule has 17 heavy (non-hydrogen) atoms. The molecule has 0 saturated heterocycles. The number of rotatable bonds is 6. The Balaban J connectivity index is 2.61. The zero-order chi connectivity index (χ0) is 12.8. The first-order valence-corrected chi connectivity index (χ1v) is 6.91. The third-order valence-electron chi connectivity index (χ3n) is 2.42. The summed E-state index contributed by atoms with van der Waals surface area (Å²) in [5, 5.41) is 0. The largest absolute Gasteiger partial charge is 0.493 e. The van der Waals surface area contributed by atoms with Gasteiger partial charge in [-0.05, 0) is 36.1 Å². The second kappa shape index (κ2) is 6.97. The van der Waals surface area contributed by atoms with Crippen molar-refractivity contribution < 1.29 is 4.74 Å². The van der Waals surface area contributed by atoms with Gasteiger partial charge in [-0.1, -0.05) is 42.0 Å². The molecule has 2 nitrogen and oxygen atoms in total. The van der Waals surface area contributed by atoms with E-state index in [1.165, 1.54) is 5.56 Å². The molecule has 94 valence electrons. The fraction of sp³-hybridized carbons (Fsp3) is 0.462. The predicted molar refractivity (Wildman–Crippen MR) is 79.7 cm³/mol. The van der Waals surface area contributed by atoms with Crippen molar-refractivity contribution in [1.82, 2.24) is 0 Å². The van der Waals surface area contributed by atoms with Crippen molar-refractivity contribution in [3.63, 3.8) is 0 Å². The average molecular weight is 316 g/mol. The van der Waals surface area contributed by atoms with Crippen LogP contribution in [0.15, 0.2) is 22.7 Å². The van der Waals surface area contributed by atoms with E-state index < -0.39 is 0 Å². The Morgan fingerprint density at radius 1 is 1.47 bits per heavy atom. The minimum atomic E-state index is 0.443. The summed E-state index contributed by atoms with van der Waals surface area (Å²) < 4.78 is 6.85. The maximum atomic E-state index is 5.77. The van der Waals surface area contributed by atoms with Crippen LogP contribution in [0, 0.1) is 0 Å². The van der Waals surface area contributed by atoms with Crippen molar-refractivity contribution in [2.24, 2.45) is 5.73 Å². The minimum absolute atomic E-state index is 0.443. The number of ether oxygens (including phenoxy) is 1. The Bertz CT molecular complexity index is 393. The highest BCUT2D eigenvalue weighted by atomic mass is 79.9. The van der Waals surface area contributed by atoms with Crippen molar-refractivity contribution in [1.29, 1.82) is 0 Å². The van der Waals surface area contributed by atoms with Crippen LogP contribution in [0.3, 0.4) is 0 Å². The Hall–Kier alpha value is -0.610. The van der Waals surface area contributed by atoms with Crippen LogP contribution in [0.4, 0.5) is 0 Å². The van der Waals surface area contributed by atoms with Gasteiger partial charge >= 0.3 is 0 Å². The summed E-state index contributed by atoms with van der Waals surface area (Å²) in [6, 6.07) is 6.10. The van der Waals surface area contributed by atoms with Crippen LogP contribution in [0.25, 0.3) is 0 Å². The maximum Gasteiger partial charge on any atom is 0.122 e. The summed E-state index contributed by atoms with van der Waals surface area (Å²) in [6.45, 7) is 4.96. The zero-order valence-electron chi connectivity index (χ0n) is 10.2. The first kappa shape index (κ1) is 14.5. The summed E-state index contributed by atoms with van der Waals surface area (Å²) in [4.78, 5) is 0.550. The lowest BCUT2D eigenvalue weighted by Crippen LogP contribution is -2.10. The molecule has 1 aromatic carbocycles. The molecule has 0 aliphatic rings. The maximum absolute atomic E-state index is 5.77. The first-order valence-electron chi connectivity index (χ1n) is 5.71. The number of nitrogens with two attached hydrogens (primary N) is 1. The van der Waals surface area contributed by atoms with E-state index in [1.807, 2.05) is 12.1 Å². The van der Waals surface area contributed by atoms with E-state index in [0.717, 1.165) is 23.1 Å². The van der Waals surface area contributed by atoms with E-state index in [4.69, 9.17) is 22.7 Å². The van der Waals surface area contributed by atoms with Gasteiger partial charge in [0, 0.05) is 10.9 Å². The van der Waals surface area contributed by atoms with Crippen molar-refractivity contribution in [3.05, 3.63) is 28.2 Å². The third-order valence-corrected chi connectivity index (χ3v) is 3.12. The number of thiocarbonyl (C=S) groups is 1. The lowest BCUT2D eigenvalue weighted by molar-refractivity contribution is 0.309. The fourth-order valence-corrected chi connectivity index (χ4v) is 2.05. The molecular formula is C13H18BrNOS. The fourth-order valence-electron chi connectivity index (χ4n) is 1.53. The molecular weight excluding hydrogens is 298 g/mol. The van der Waals surface area contributed by atoms with Gasteiger partial charge in [0.2, 0.25) is 0 Å². The molecule has 0 radical (unpaired) electrons. The topological polar surface area (TPSA) is 35.2 Å². The molecule has 1 aromatic rings. The predicted octanol–water partition coefficient (Wildman–Crippen LogP) is 4.02. The molecule has 0 aliphatic heterocycles. The molecule has 0 unspecified atom stereocenters. The second-order valence-electron chi connectivity index (χ2n) is 4.26. The average Bonchev–Trinajstić information content (AvgIpc) is 2.25. The van der Waals surface area contributed by atoms with Crippen LogP contribution < -0.4 is 10.5 Å². The molecule has 0 bridgehead atoms. The molecule has 0 spiro atoms. The van der Waals surface area contributed by atoms with Gasteiger partial charge < -0.3 is 10.5 Å². The van der Waals surface area contributed by atoms with E-state index in [-0.39, 0.29) is 0 Å². The van der Waals surface area contributed by atoms with Crippen LogP contribution in [-0.2, 0) is 0 Å². The van der Waals surface area contributed by atoms with Crippen LogP contribution in [0.2, 0.25) is 0 Å². The second-order valence-corrected chi connectivity index (χ2v) is 5.70. The number of halogens is 1. The van der Waals surface area contributed by atoms with Crippen molar-refractivity contribution >= 4 is 33.1 Å². The number of benzene rings is 1. The molecule has 0 saturated carbocycles. The van der Waals surface area contributed by atoms with Gasteiger partial charge in [0.05, 0.1) is 11.6 Å². The van der Waals surface area contributed by atoms with Gasteiger partial charge in [-0.2, -0.15) is 0 Å². The van der Waals surface area contributed by atoms with Crippen LogP contribution in [-0.4, -0.2) is 11.6 Å². The van der Waals surface area contributed by atoms with Crippen molar-refractivity contribution in [2.45, 2.75) is 32.6 Å². The van der Waals surface area contributed by atoms with Gasteiger partial charge in [0.15, 0.2) is 0 Å². The standard InChI is InChI=1S/C13H18BrNOS/c1-9(2)11-8-10(14)5-6-12(11)16-7-3-4-13(15)17/h5-6,8-9H,3-4,7H2,1-2H3,(H2,15,17). The Labute approximate surface area is 117 Å². The Morgan fingerprint density at radius 2 is 2.18 bits per heavy atom. The van der Waals surface area contributed by atoms with E-state index in [2.05, 4.69) is 35.8 Å². The van der Waals surface area contributed by atoms with Crippen LogP contribution >= 0.6 is 28.1 Å². The van der Waals surface area contributed by atoms with E-state index >= 15 is 0 Å². The van der Waals surface area contributed by atoms with E-state index in [1.54, 1.807) is 0 Å². The first-order chi connectivity index (χ1) is 8.00. The third kappa shape index (κ3) is 5.04. The van der Waals surface area contributed by atoms with E-state index in [0.29, 0.717) is 17.5 Å². The molecule has 2 N–H and O–H groups in total. The van der Waals surface area contributed by atoms with Gasteiger partial charge in [0.25, 0.3) is 0 Å². The SMILES string of the molecule is CC(C)c1cc(Br)ccc1OCCCC(N)=S. The van der Waals surface area contributed by atoms with Crippen molar-refractivity contribution in [2.75, 3.05) is 6.61 Å². The lowest BCUT2D eigenvalue weighted by Gasteiger charge is -2.14. The highest BCUT2D eigenvalue weighted by molar-refractivity contribution is 9.10. The molecule has 0 atom stereocenters. The monoisotopic (exact) mass is 315 g/mol. The van der Waals surface area contributed by atoms with Gasteiger partial charge in [0.1, 0.15) is 5.75 Å². The van der Waals surface area contributed by atoms with E-state index in [9.17, 15) is 0 Å². The molecule has 1 rings (SSSR count).